The van der Waals surface area contributed by atoms with Crippen LogP contribution in [-0.4, -0.2) is 20.4 Å². The molecule has 0 spiro atoms. The third-order valence-corrected chi connectivity index (χ3v) is 5.08. The molecule has 2 N–H and O–H groups in total. The third kappa shape index (κ3) is 4.65. The molecule has 0 saturated carbocycles. The van der Waals surface area contributed by atoms with E-state index in [1.54, 1.807) is 48.7 Å². The summed E-state index contributed by atoms with van der Waals surface area (Å²) in [6.45, 7) is 4.28. The summed E-state index contributed by atoms with van der Waals surface area (Å²) in [5.41, 5.74) is 2.06. The summed E-state index contributed by atoms with van der Waals surface area (Å²) in [6, 6.07) is 17.6. The molecule has 0 atom stereocenters. The molecule has 8 heteroatoms. The molecule has 4 rings (SSSR count). The number of fused-ring (bicyclic) bond motifs is 1. The lowest BCUT2D eigenvalue weighted by atomic mass is 10.1. The second-order valence-electron chi connectivity index (χ2n) is 6.99. The highest BCUT2D eigenvalue weighted by Gasteiger charge is 2.11. The van der Waals surface area contributed by atoms with Crippen LogP contribution in [0.25, 0.3) is 10.9 Å². The summed E-state index contributed by atoms with van der Waals surface area (Å²) in [6.07, 6.45) is 3.31. The first-order chi connectivity index (χ1) is 15.5. The van der Waals surface area contributed by atoms with Gasteiger partial charge in [0.1, 0.15) is 12.4 Å². The number of amides is 1. The van der Waals surface area contributed by atoms with E-state index < -0.39 is 0 Å². The lowest BCUT2D eigenvalue weighted by Crippen LogP contribution is -2.22. The molecule has 0 aliphatic rings. The quantitative estimate of drug-likeness (QED) is 0.324. The van der Waals surface area contributed by atoms with E-state index in [0.717, 1.165) is 5.69 Å². The Balaban J connectivity index is 1.52. The molecule has 160 valence electrons. The van der Waals surface area contributed by atoms with Gasteiger partial charge in [0, 0.05) is 30.1 Å². The number of hydrogen-bond acceptors (Lipinski definition) is 5. The number of aromatic amines is 1. The Bertz CT molecular complexity index is 1410. The van der Waals surface area contributed by atoms with Gasteiger partial charge >= 0.3 is 0 Å². The van der Waals surface area contributed by atoms with Crippen LogP contribution in [0.15, 0.2) is 84.3 Å². The van der Waals surface area contributed by atoms with Crippen molar-refractivity contribution in [3.63, 3.8) is 0 Å². The second-order valence-corrected chi connectivity index (χ2v) is 7.37. The molecule has 0 fully saturated rings. The number of nitrogens with zero attached hydrogens (tertiary/aromatic N) is 2. The Morgan fingerprint density at radius 2 is 2.06 bits per heavy atom. The number of rotatable bonds is 7. The summed E-state index contributed by atoms with van der Waals surface area (Å²) in [5, 5.41) is 3.30. The Hall–Kier alpha value is -4.04. The summed E-state index contributed by atoms with van der Waals surface area (Å²) in [5.74, 6) is 0.294. The maximum absolute atomic E-state index is 12.8. The molecule has 0 aliphatic carbocycles. The molecule has 4 aromatic rings. The van der Waals surface area contributed by atoms with E-state index in [-0.39, 0.29) is 16.2 Å². The first-order valence-corrected chi connectivity index (χ1v) is 10.3. The van der Waals surface area contributed by atoms with Crippen LogP contribution in [0.3, 0.4) is 0 Å². The van der Waals surface area contributed by atoms with Crippen molar-refractivity contribution in [2.24, 2.45) is 0 Å². The summed E-state index contributed by atoms with van der Waals surface area (Å²) < 4.78 is 7.45. The van der Waals surface area contributed by atoms with Gasteiger partial charge in [0.25, 0.3) is 11.5 Å². The summed E-state index contributed by atoms with van der Waals surface area (Å²) >= 11 is 5.26. The fraction of sp³-hybridized carbons (Fsp3) is 0.0833. The van der Waals surface area contributed by atoms with Gasteiger partial charge in [-0.15, -0.1) is 6.58 Å². The number of anilines is 1. The fourth-order valence-corrected chi connectivity index (χ4v) is 3.47. The molecule has 2 heterocycles. The molecule has 2 aromatic heterocycles. The maximum Gasteiger partial charge on any atom is 0.262 e. The van der Waals surface area contributed by atoms with Crippen LogP contribution in [0, 0.1) is 4.77 Å². The standard InChI is InChI=1S/C24H20N4O3S/c1-2-12-28-23(30)20-10-9-16(13-21(20)27-24(28)32)22(29)26-17-7-5-8-19(14-17)31-15-18-6-3-4-11-25-18/h2-11,13-14H,1,12,15H2,(H,26,29)(H,27,32). The predicted octanol–water partition coefficient (Wildman–Crippen LogP) is 4.47. The molecule has 0 bridgehead atoms. The van der Waals surface area contributed by atoms with Gasteiger partial charge in [0.05, 0.1) is 16.6 Å². The lowest BCUT2D eigenvalue weighted by molar-refractivity contribution is 0.102. The lowest BCUT2D eigenvalue weighted by Gasteiger charge is -2.10. The molecule has 0 saturated heterocycles. The number of benzene rings is 2. The second kappa shape index (κ2) is 9.40. The molecule has 2 aromatic carbocycles. The van der Waals surface area contributed by atoms with E-state index in [9.17, 15) is 9.59 Å². The normalized spacial score (nSPS) is 10.6. The van der Waals surface area contributed by atoms with Crippen molar-refractivity contribution in [3.05, 3.63) is 106 Å². The average Bonchev–Trinajstić information content (AvgIpc) is 2.81. The van der Waals surface area contributed by atoms with Gasteiger partial charge < -0.3 is 15.0 Å². The topological polar surface area (TPSA) is 89.0 Å². The number of H-pyrrole nitrogens is 1. The number of aromatic nitrogens is 3. The van der Waals surface area contributed by atoms with Crippen LogP contribution in [0.5, 0.6) is 5.75 Å². The molecule has 0 radical (unpaired) electrons. The van der Waals surface area contributed by atoms with Crippen molar-refractivity contribution < 1.29 is 9.53 Å². The molecule has 0 aliphatic heterocycles. The van der Waals surface area contributed by atoms with Crippen molar-refractivity contribution in [3.8, 4) is 5.75 Å². The van der Waals surface area contributed by atoms with Gasteiger partial charge in [-0.05, 0) is 54.7 Å². The van der Waals surface area contributed by atoms with E-state index in [0.29, 0.717) is 41.1 Å². The van der Waals surface area contributed by atoms with Crippen molar-refractivity contribution in [1.82, 2.24) is 14.5 Å². The molecule has 0 unspecified atom stereocenters. The maximum atomic E-state index is 12.8. The zero-order chi connectivity index (χ0) is 22.5. The minimum absolute atomic E-state index is 0.228. The molecular weight excluding hydrogens is 424 g/mol. The number of carbonyl (C=O) groups is 1. The Morgan fingerprint density at radius 3 is 2.84 bits per heavy atom. The zero-order valence-corrected chi connectivity index (χ0v) is 17.9. The average molecular weight is 445 g/mol. The largest absolute Gasteiger partial charge is 0.487 e. The van der Waals surface area contributed by atoms with Crippen LogP contribution in [0.1, 0.15) is 16.1 Å². The smallest absolute Gasteiger partial charge is 0.262 e. The van der Waals surface area contributed by atoms with Gasteiger partial charge in [-0.3, -0.25) is 19.1 Å². The zero-order valence-electron chi connectivity index (χ0n) is 17.1. The van der Waals surface area contributed by atoms with Gasteiger partial charge in [0.2, 0.25) is 0 Å². The molecule has 1 amide bonds. The van der Waals surface area contributed by atoms with Crippen molar-refractivity contribution in [1.29, 1.82) is 0 Å². The molecule has 32 heavy (non-hydrogen) atoms. The number of allylic oxidation sites excluding steroid dienone is 1. The van der Waals surface area contributed by atoms with E-state index in [4.69, 9.17) is 17.0 Å². The van der Waals surface area contributed by atoms with Crippen LogP contribution in [0.4, 0.5) is 5.69 Å². The van der Waals surface area contributed by atoms with Crippen molar-refractivity contribution >= 4 is 34.7 Å². The van der Waals surface area contributed by atoms with E-state index in [2.05, 4.69) is 21.9 Å². The van der Waals surface area contributed by atoms with Crippen molar-refractivity contribution in [2.75, 3.05) is 5.32 Å². The molecular formula is C24H20N4O3S. The number of ether oxygens (including phenoxy) is 1. The minimum Gasteiger partial charge on any atom is -0.487 e. The summed E-state index contributed by atoms with van der Waals surface area (Å²) in [7, 11) is 0. The first-order valence-electron chi connectivity index (χ1n) is 9.87. The third-order valence-electron chi connectivity index (χ3n) is 4.76. The number of hydrogen-bond donors (Lipinski definition) is 2. The van der Waals surface area contributed by atoms with Gasteiger partial charge in [-0.25, -0.2) is 0 Å². The SMILES string of the molecule is C=CCn1c(=S)[nH]c2cc(C(=O)Nc3cccc(OCc4ccccn4)c3)ccc2c1=O. The number of carbonyl (C=O) groups excluding carboxylic acids is 1. The van der Waals surface area contributed by atoms with Crippen LogP contribution in [-0.2, 0) is 13.2 Å². The first kappa shape index (κ1) is 21.2. The Labute approximate surface area is 189 Å². The fourth-order valence-electron chi connectivity index (χ4n) is 3.20. The highest BCUT2D eigenvalue weighted by molar-refractivity contribution is 7.71. The number of nitrogens with one attached hydrogen (secondary N) is 2. The predicted molar refractivity (Wildman–Crippen MR) is 127 cm³/mol. The van der Waals surface area contributed by atoms with Gasteiger partial charge in [-0.2, -0.15) is 0 Å². The molecule has 7 nitrogen and oxygen atoms in total. The van der Waals surface area contributed by atoms with Gasteiger partial charge in [0.15, 0.2) is 4.77 Å². The van der Waals surface area contributed by atoms with E-state index >= 15 is 0 Å². The van der Waals surface area contributed by atoms with Crippen LogP contribution < -0.4 is 15.6 Å². The Kier molecular flexibility index (Phi) is 6.23. The number of pyridine rings is 1. The monoisotopic (exact) mass is 444 g/mol. The van der Waals surface area contributed by atoms with Crippen LogP contribution in [0.2, 0.25) is 0 Å². The van der Waals surface area contributed by atoms with E-state index in [1.807, 2.05) is 24.3 Å². The van der Waals surface area contributed by atoms with Crippen molar-refractivity contribution in [2.45, 2.75) is 13.2 Å². The minimum atomic E-state index is -0.316. The summed E-state index contributed by atoms with van der Waals surface area (Å²) in [4.78, 5) is 32.6. The highest BCUT2D eigenvalue weighted by Crippen LogP contribution is 2.20. The van der Waals surface area contributed by atoms with Gasteiger partial charge in [-0.1, -0.05) is 18.2 Å². The Morgan fingerprint density at radius 1 is 1.19 bits per heavy atom. The van der Waals surface area contributed by atoms with Crippen LogP contribution >= 0.6 is 12.2 Å². The highest BCUT2D eigenvalue weighted by atomic mass is 32.1. The van der Waals surface area contributed by atoms with E-state index in [1.165, 1.54) is 4.57 Å².